The first-order valence-electron chi connectivity index (χ1n) is 6.66. The van der Waals surface area contributed by atoms with Gasteiger partial charge in [-0.1, -0.05) is 11.6 Å². The van der Waals surface area contributed by atoms with E-state index in [0.717, 1.165) is 45.1 Å². The monoisotopic (exact) mass is 297 g/mol. The molecule has 2 aliphatic rings. The fraction of sp³-hybridized carbons (Fsp3) is 0.538. The number of hydrogen-bond donors (Lipinski definition) is 0. The van der Waals surface area contributed by atoms with Crippen LogP contribution in [0.2, 0.25) is 5.02 Å². The number of anilines is 1. The summed E-state index contributed by atoms with van der Waals surface area (Å²) in [7, 11) is 0. The molecular weight excluding hydrogens is 282 g/mol. The highest BCUT2D eigenvalue weighted by atomic mass is 35.5. The fourth-order valence-corrected chi connectivity index (χ4v) is 2.92. The Kier molecular flexibility index (Phi) is 3.78. The third kappa shape index (κ3) is 2.59. The molecule has 7 heteroatoms. The van der Waals surface area contributed by atoms with Crippen LogP contribution in [0.5, 0.6) is 0 Å². The van der Waals surface area contributed by atoms with Gasteiger partial charge in [-0.3, -0.25) is 15.0 Å². The molecule has 108 valence electrons. The van der Waals surface area contributed by atoms with Crippen molar-refractivity contribution in [1.29, 1.82) is 0 Å². The zero-order valence-electron chi connectivity index (χ0n) is 11.0. The van der Waals surface area contributed by atoms with Crippen molar-refractivity contribution in [3.63, 3.8) is 0 Å². The summed E-state index contributed by atoms with van der Waals surface area (Å²) >= 11 is 6.16. The van der Waals surface area contributed by atoms with Crippen molar-refractivity contribution in [3.05, 3.63) is 33.3 Å². The minimum atomic E-state index is -0.426. The molecule has 0 radical (unpaired) electrons. The molecule has 1 aromatic carbocycles. The highest BCUT2D eigenvalue weighted by molar-refractivity contribution is 6.33. The maximum absolute atomic E-state index is 10.7. The minimum Gasteiger partial charge on any atom is -0.378 e. The van der Waals surface area contributed by atoms with E-state index in [9.17, 15) is 10.1 Å². The molecule has 0 atom stereocenters. The van der Waals surface area contributed by atoms with Crippen molar-refractivity contribution < 1.29 is 9.66 Å². The third-order valence-electron chi connectivity index (χ3n) is 3.93. The van der Waals surface area contributed by atoms with Gasteiger partial charge in [0.25, 0.3) is 5.69 Å². The van der Waals surface area contributed by atoms with Crippen LogP contribution in [0.15, 0.2) is 18.2 Å². The van der Waals surface area contributed by atoms with Crippen LogP contribution >= 0.6 is 11.6 Å². The molecule has 0 N–H and O–H groups in total. The SMILES string of the molecule is O=[N+]([O-])c1ccc(N2CCN(C3COC3)CC2)c(Cl)c1. The van der Waals surface area contributed by atoms with E-state index in [1.165, 1.54) is 12.1 Å². The van der Waals surface area contributed by atoms with E-state index in [1.54, 1.807) is 6.07 Å². The van der Waals surface area contributed by atoms with Gasteiger partial charge in [0.1, 0.15) is 0 Å². The van der Waals surface area contributed by atoms with E-state index >= 15 is 0 Å². The number of hydrogen-bond acceptors (Lipinski definition) is 5. The first-order chi connectivity index (χ1) is 9.65. The van der Waals surface area contributed by atoms with E-state index in [-0.39, 0.29) is 5.69 Å². The van der Waals surface area contributed by atoms with Gasteiger partial charge in [-0.2, -0.15) is 0 Å². The van der Waals surface area contributed by atoms with Gasteiger partial charge in [0.2, 0.25) is 0 Å². The van der Waals surface area contributed by atoms with Crippen molar-refractivity contribution in [2.45, 2.75) is 6.04 Å². The number of non-ortho nitro benzene ring substituents is 1. The first-order valence-corrected chi connectivity index (χ1v) is 7.03. The Morgan fingerprint density at radius 3 is 2.45 bits per heavy atom. The van der Waals surface area contributed by atoms with Crippen LogP contribution in [-0.4, -0.2) is 55.3 Å². The lowest BCUT2D eigenvalue weighted by molar-refractivity contribution is -0.384. The summed E-state index contributed by atoms with van der Waals surface area (Å²) in [4.78, 5) is 14.9. The number of halogens is 1. The molecule has 2 heterocycles. The molecule has 2 fully saturated rings. The fourth-order valence-electron chi connectivity index (χ4n) is 2.63. The Morgan fingerprint density at radius 1 is 1.25 bits per heavy atom. The highest BCUT2D eigenvalue weighted by Crippen LogP contribution is 2.30. The smallest absolute Gasteiger partial charge is 0.271 e. The number of benzene rings is 1. The number of nitrogens with zero attached hydrogens (tertiary/aromatic N) is 3. The van der Waals surface area contributed by atoms with Crippen molar-refractivity contribution in [1.82, 2.24) is 4.90 Å². The molecule has 0 amide bonds. The predicted octanol–water partition coefficient (Wildman–Crippen LogP) is 1.77. The lowest BCUT2D eigenvalue weighted by Crippen LogP contribution is -2.56. The van der Waals surface area contributed by atoms with Gasteiger partial charge in [0.05, 0.1) is 34.9 Å². The number of piperazine rings is 1. The highest BCUT2D eigenvalue weighted by Gasteiger charge is 2.29. The largest absolute Gasteiger partial charge is 0.378 e. The Bertz CT molecular complexity index is 514. The van der Waals surface area contributed by atoms with E-state index in [1.807, 2.05) is 0 Å². The van der Waals surface area contributed by atoms with Crippen LogP contribution in [-0.2, 0) is 4.74 Å². The van der Waals surface area contributed by atoms with E-state index < -0.39 is 4.92 Å². The van der Waals surface area contributed by atoms with Crippen LogP contribution in [0, 0.1) is 10.1 Å². The van der Waals surface area contributed by atoms with Gasteiger partial charge in [-0.05, 0) is 6.07 Å². The zero-order valence-corrected chi connectivity index (χ0v) is 11.8. The van der Waals surface area contributed by atoms with Crippen molar-refractivity contribution >= 4 is 23.0 Å². The molecule has 0 spiro atoms. The van der Waals surface area contributed by atoms with Gasteiger partial charge in [-0.25, -0.2) is 0 Å². The molecule has 2 aliphatic heterocycles. The lowest BCUT2D eigenvalue weighted by Gasteiger charge is -2.43. The van der Waals surface area contributed by atoms with E-state index in [4.69, 9.17) is 16.3 Å². The third-order valence-corrected chi connectivity index (χ3v) is 4.24. The summed E-state index contributed by atoms with van der Waals surface area (Å²) in [6.07, 6.45) is 0. The Labute approximate surface area is 122 Å². The Balaban J connectivity index is 1.66. The normalized spacial score (nSPS) is 20.8. The molecule has 0 saturated carbocycles. The molecule has 6 nitrogen and oxygen atoms in total. The van der Waals surface area contributed by atoms with Crippen LogP contribution in [0.1, 0.15) is 0 Å². The van der Waals surface area contributed by atoms with Crippen molar-refractivity contribution in [2.75, 3.05) is 44.3 Å². The Morgan fingerprint density at radius 2 is 1.95 bits per heavy atom. The van der Waals surface area contributed by atoms with Crippen LogP contribution in [0.4, 0.5) is 11.4 Å². The summed E-state index contributed by atoms with van der Waals surface area (Å²) in [5.74, 6) is 0. The summed E-state index contributed by atoms with van der Waals surface area (Å²) in [6, 6.07) is 5.23. The minimum absolute atomic E-state index is 0.0315. The second kappa shape index (κ2) is 5.55. The number of nitro groups is 1. The topological polar surface area (TPSA) is 58.9 Å². The zero-order chi connectivity index (χ0) is 14.1. The number of ether oxygens (including phenoxy) is 1. The second-order valence-electron chi connectivity index (χ2n) is 5.11. The Hall–Kier alpha value is -1.37. The van der Waals surface area contributed by atoms with Gasteiger partial charge in [0, 0.05) is 38.3 Å². The molecule has 0 aromatic heterocycles. The standard InChI is InChI=1S/C13H16ClN3O3/c14-12-7-10(17(18)19)1-2-13(12)16-5-3-15(4-6-16)11-8-20-9-11/h1-2,7,11H,3-6,8-9H2. The molecule has 0 aliphatic carbocycles. The molecule has 0 bridgehead atoms. The van der Waals surface area contributed by atoms with Gasteiger partial charge >= 0.3 is 0 Å². The average Bonchev–Trinajstić information content (AvgIpc) is 2.37. The molecule has 1 aromatic rings. The van der Waals surface area contributed by atoms with Gasteiger partial charge in [-0.15, -0.1) is 0 Å². The van der Waals surface area contributed by atoms with E-state index in [0.29, 0.717) is 11.1 Å². The predicted molar refractivity (Wildman–Crippen MR) is 76.5 cm³/mol. The van der Waals surface area contributed by atoms with Crippen molar-refractivity contribution in [2.24, 2.45) is 0 Å². The quantitative estimate of drug-likeness (QED) is 0.628. The first kappa shape index (κ1) is 13.6. The second-order valence-corrected chi connectivity index (χ2v) is 5.51. The van der Waals surface area contributed by atoms with Crippen LogP contribution in [0.3, 0.4) is 0 Å². The molecule has 2 saturated heterocycles. The average molecular weight is 298 g/mol. The maximum atomic E-state index is 10.7. The summed E-state index contributed by atoms with van der Waals surface area (Å²) in [6.45, 7) is 5.38. The van der Waals surface area contributed by atoms with Crippen molar-refractivity contribution in [3.8, 4) is 0 Å². The molecule has 3 rings (SSSR count). The molecule has 0 unspecified atom stereocenters. The number of rotatable bonds is 3. The van der Waals surface area contributed by atoms with Crippen LogP contribution in [0.25, 0.3) is 0 Å². The maximum Gasteiger partial charge on any atom is 0.271 e. The van der Waals surface area contributed by atoms with Crippen LogP contribution < -0.4 is 4.90 Å². The van der Waals surface area contributed by atoms with Gasteiger partial charge < -0.3 is 9.64 Å². The number of nitro benzene ring substituents is 1. The summed E-state index contributed by atoms with van der Waals surface area (Å²) in [5.41, 5.74) is 0.908. The molecule has 20 heavy (non-hydrogen) atoms. The summed E-state index contributed by atoms with van der Waals surface area (Å²) < 4.78 is 5.21. The summed E-state index contributed by atoms with van der Waals surface area (Å²) in [5, 5.41) is 11.2. The lowest BCUT2D eigenvalue weighted by atomic mass is 10.1. The molecular formula is C13H16ClN3O3. The van der Waals surface area contributed by atoms with E-state index in [2.05, 4.69) is 9.80 Å². The van der Waals surface area contributed by atoms with Gasteiger partial charge in [0.15, 0.2) is 0 Å².